The normalized spacial score (nSPS) is 31.8. The van der Waals surface area contributed by atoms with E-state index in [1.54, 1.807) is 18.0 Å². The minimum absolute atomic E-state index is 0.0423. The Morgan fingerprint density at radius 3 is 2.27 bits per heavy atom. The number of ether oxygens (including phenoxy) is 1. The number of benzene rings is 1. The molecule has 2 rings (SSSR count). The van der Waals surface area contributed by atoms with Gasteiger partial charge in [-0.1, -0.05) is 19.1 Å². The molecule has 1 aliphatic rings. The average Bonchev–Trinajstić information content (AvgIpc) is 2.60. The molecule has 1 saturated heterocycles. The molecular formula is C18H30N2O4S2. The van der Waals surface area contributed by atoms with Crippen molar-refractivity contribution in [1.82, 2.24) is 4.90 Å². The van der Waals surface area contributed by atoms with E-state index in [0.29, 0.717) is 0 Å². The van der Waals surface area contributed by atoms with Gasteiger partial charge in [-0.05, 0) is 38.0 Å². The van der Waals surface area contributed by atoms with E-state index in [1.165, 1.54) is 17.3 Å². The van der Waals surface area contributed by atoms with Crippen LogP contribution < -0.4 is 5.73 Å². The molecule has 148 valence electrons. The molecular weight excluding hydrogens is 372 g/mol. The highest BCUT2D eigenvalue weighted by Crippen LogP contribution is 2.32. The molecule has 0 bridgehead atoms. The van der Waals surface area contributed by atoms with E-state index in [9.17, 15) is 15.3 Å². The Kier molecular flexibility index (Phi) is 8.24. The average molecular weight is 403 g/mol. The lowest BCUT2D eigenvalue weighted by Gasteiger charge is -2.43. The van der Waals surface area contributed by atoms with Crippen molar-refractivity contribution < 1.29 is 20.1 Å². The van der Waals surface area contributed by atoms with Gasteiger partial charge in [-0.2, -0.15) is 0 Å². The van der Waals surface area contributed by atoms with Crippen LogP contribution in [0.5, 0.6) is 0 Å². The molecule has 0 radical (unpaired) electrons. The fraction of sp³-hybridized carbons (Fsp3) is 0.667. The number of hydrogen-bond acceptors (Lipinski definition) is 8. The van der Waals surface area contributed by atoms with Crippen LogP contribution in [0.4, 0.5) is 0 Å². The predicted octanol–water partition coefficient (Wildman–Crippen LogP) is 0.727. The molecule has 5 N–H and O–H groups in total. The highest BCUT2D eigenvalue weighted by molar-refractivity contribution is 8.00. The van der Waals surface area contributed by atoms with Gasteiger partial charge in [-0.15, -0.1) is 23.5 Å². The van der Waals surface area contributed by atoms with Crippen molar-refractivity contribution in [2.75, 3.05) is 20.4 Å². The first-order valence-corrected chi connectivity index (χ1v) is 10.8. The van der Waals surface area contributed by atoms with Crippen LogP contribution in [-0.2, 0) is 11.3 Å². The largest absolute Gasteiger partial charge is 0.388 e. The first-order chi connectivity index (χ1) is 12.2. The fourth-order valence-electron chi connectivity index (χ4n) is 2.99. The van der Waals surface area contributed by atoms with Gasteiger partial charge in [-0.25, -0.2) is 0 Å². The van der Waals surface area contributed by atoms with Crippen molar-refractivity contribution in [2.45, 2.75) is 59.5 Å². The van der Waals surface area contributed by atoms with Gasteiger partial charge >= 0.3 is 0 Å². The molecule has 1 heterocycles. The summed E-state index contributed by atoms with van der Waals surface area (Å²) in [5.74, 6) is 0. The smallest absolute Gasteiger partial charge is 0.132 e. The van der Waals surface area contributed by atoms with Crippen LogP contribution in [-0.4, -0.2) is 81.7 Å². The SMILES string of the molecule is CSC1OC(C(N)C(C)Sc2ccc(CN(C)C)cc2)C(O)C(O)C1O. The second-order valence-electron chi connectivity index (χ2n) is 6.96. The predicted molar refractivity (Wildman–Crippen MR) is 107 cm³/mol. The van der Waals surface area contributed by atoms with Crippen LogP contribution in [0.3, 0.4) is 0 Å². The van der Waals surface area contributed by atoms with Crippen LogP contribution in [0.15, 0.2) is 29.2 Å². The number of rotatable bonds is 7. The van der Waals surface area contributed by atoms with Gasteiger partial charge in [0, 0.05) is 22.7 Å². The summed E-state index contributed by atoms with van der Waals surface area (Å²) in [6.45, 7) is 2.86. The Balaban J connectivity index is 2.00. The summed E-state index contributed by atoms with van der Waals surface area (Å²) in [6, 6.07) is 7.82. The molecule has 7 atom stereocenters. The molecule has 1 aromatic rings. The monoisotopic (exact) mass is 402 g/mol. The quantitative estimate of drug-likeness (QED) is 0.496. The number of nitrogens with two attached hydrogens (primary N) is 1. The first-order valence-electron chi connectivity index (χ1n) is 8.63. The Bertz CT molecular complexity index is 559. The minimum atomic E-state index is -1.26. The molecule has 0 spiro atoms. The molecule has 0 aliphatic carbocycles. The maximum atomic E-state index is 10.3. The van der Waals surface area contributed by atoms with Crippen LogP contribution >= 0.6 is 23.5 Å². The van der Waals surface area contributed by atoms with E-state index in [0.717, 1.165) is 11.4 Å². The molecule has 8 heteroatoms. The zero-order valence-corrected chi connectivity index (χ0v) is 17.3. The summed E-state index contributed by atoms with van der Waals surface area (Å²) >= 11 is 2.90. The summed E-state index contributed by atoms with van der Waals surface area (Å²) in [4.78, 5) is 3.20. The van der Waals surface area contributed by atoms with Crippen molar-refractivity contribution in [3.63, 3.8) is 0 Å². The topological polar surface area (TPSA) is 99.2 Å². The third kappa shape index (κ3) is 5.36. The molecule has 7 unspecified atom stereocenters. The van der Waals surface area contributed by atoms with Crippen molar-refractivity contribution in [3.8, 4) is 0 Å². The van der Waals surface area contributed by atoms with Crippen molar-refractivity contribution in [3.05, 3.63) is 29.8 Å². The highest BCUT2D eigenvalue weighted by atomic mass is 32.2. The van der Waals surface area contributed by atoms with E-state index in [-0.39, 0.29) is 5.25 Å². The second kappa shape index (κ2) is 9.75. The van der Waals surface area contributed by atoms with Gasteiger partial charge < -0.3 is 30.7 Å². The maximum Gasteiger partial charge on any atom is 0.132 e. The van der Waals surface area contributed by atoms with Gasteiger partial charge in [0.15, 0.2) is 0 Å². The van der Waals surface area contributed by atoms with Crippen LogP contribution in [0.2, 0.25) is 0 Å². The summed E-state index contributed by atoms with van der Waals surface area (Å²) in [5, 5.41) is 30.3. The number of aliphatic hydroxyl groups is 3. The van der Waals surface area contributed by atoms with Crippen LogP contribution in [0.25, 0.3) is 0 Å². The molecule has 1 aliphatic heterocycles. The summed E-state index contributed by atoms with van der Waals surface area (Å²) in [7, 11) is 4.07. The van der Waals surface area contributed by atoms with E-state index in [4.69, 9.17) is 10.5 Å². The second-order valence-corrected chi connectivity index (χ2v) is 9.35. The van der Waals surface area contributed by atoms with Gasteiger partial charge in [0.1, 0.15) is 29.9 Å². The van der Waals surface area contributed by atoms with E-state index < -0.39 is 35.9 Å². The molecule has 0 amide bonds. The number of nitrogens with zero attached hydrogens (tertiary/aromatic N) is 1. The summed E-state index contributed by atoms with van der Waals surface area (Å²) < 4.78 is 5.77. The molecule has 1 fully saturated rings. The third-order valence-corrected chi connectivity index (χ3v) is 6.59. The zero-order valence-electron chi connectivity index (χ0n) is 15.6. The fourth-order valence-corrected chi connectivity index (χ4v) is 4.70. The van der Waals surface area contributed by atoms with E-state index in [1.807, 2.05) is 21.0 Å². The Morgan fingerprint density at radius 1 is 1.12 bits per heavy atom. The molecule has 6 nitrogen and oxygen atoms in total. The number of thioether (sulfide) groups is 2. The molecule has 0 aromatic heterocycles. The Labute approximate surface area is 164 Å². The standard InChI is InChI=1S/C18H30N2O4S2/c1-10(26-12-7-5-11(6-8-12)9-20(2)3)13(19)17-15(22)14(21)16(23)18(24-17)25-4/h5-8,10,13-18,21-23H,9,19H2,1-4H3. The van der Waals surface area contributed by atoms with E-state index in [2.05, 4.69) is 29.2 Å². The van der Waals surface area contributed by atoms with Crippen LogP contribution in [0.1, 0.15) is 12.5 Å². The summed E-state index contributed by atoms with van der Waals surface area (Å²) in [5.41, 5.74) is 6.97. The third-order valence-electron chi connectivity index (χ3n) is 4.50. The first kappa shape index (κ1) is 22.0. The molecule has 26 heavy (non-hydrogen) atoms. The van der Waals surface area contributed by atoms with Gasteiger partial charge in [-0.3, -0.25) is 0 Å². The van der Waals surface area contributed by atoms with Crippen molar-refractivity contribution in [2.24, 2.45) is 5.73 Å². The zero-order chi connectivity index (χ0) is 19.4. The van der Waals surface area contributed by atoms with Crippen molar-refractivity contribution in [1.29, 1.82) is 0 Å². The van der Waals surface area contributed by atoms with Gasteiger partial charge in [0.05, 0.1) is 0 Å². The minimum Gasteiger partial charge on any atom is -0.388 e. The lowest BCUT2D eigenvalue weighted by Crippen LogP contribution is -2.62. The Hall–Kier alpha value is -0.320. The molecule has 0 saturated carbocycles. The lowest BCUT2D eigenvalue weighted by molar-refractivity contribution is -0.202. The van der Waals surface area contributed by atoms with Crippen molar-refractivity contribution >= 4 is 23.5 Å². The Morgan fingerprint density at radius 2 is 1.73 bits per heavy atom. The molecule has 1 aromatic carbocycles. The van der Waals surface area contributed by atoms with Crippen LogP contribution in [0, 0.1) is 0 Å². The summed E-state index contributed by atoms with van der Waals surface area (Å²) in [6.07, 6.45) is -2.56. The number of aliphatic hydroxyl groups excluding tert-OH is 3. The van der Waals surface area contributed by atoms with E-state index >= 15 is 0 Å². The maximum absolute atomic E-state index is 10.3. The highest BCUT2D eigenvalue weighted by Gasteiger charge is 2.46. The van der Waals surface area contributed by atoms with Gasteiger partial charge in [0.25, 0.3) is 0 Å². The van der Waals surface area contributed by atoms with Gasteiger partial charge in [0.2, 0.25) is 0 Å². The lowest BCUT2D eigenvalue weighted by atomic mass is 9.94. The number of hydrogen-bond donors (Lipinski definition) is 4.